The fraction of sp³-hybridized carbons (Fsp3) is 0.944. The minimum Gasteiger partial charge on any atom is -0.548 e. The molecule has 0 saturated heterocycles. The molecule has 0 aromatic heterocycles. The van der Waals surface area contributed by atoms with Gasteiger partial charge in [-0.05, 0) is 12.8 Å². The van der Waals surface area contributed by atoms with Gasteiger partial charge in [0.05, 0.1) is 11.9 Å². The van der Waals surface area contributed by atoms with E-state index in [0.29, 0.717) is 12.8 Å². The molecule has 0 aliphatic carbocycles. The van der Waals surface area contributed by atoms with Gasteiger partial charge < -0.3 is 31.3 Å². The summed E-state index contributed by atoms with van der Waals surface area (Å²) in [5.41, 5.74) is 10.8. The number of hydrogen-bond donors (Lipinski definition) is 2. The van der Waals surface area contributed by atoms with Crippen molar-refractivity contribution < 1.29 is 19.8 Å². The minimum absolute atomic E-state index is 0. The van der Waals surface area contributed by atoms with Crippen LogP contribution in [0.1, 0.15) is 206 Å². The first-order valence-corrected chi connectivity index (χ1v) is 18.3. The van der Waals surface area contributed by atoms with Crippen molar-refractivity contribution in [2.45, 2.75) is 219 Å². The number of aliphatic carboxylic acids is 2. The van der Waals surface area contributed by atoms with Crippen molar-refractivity contribution in [1.29, 1.82) is 0 Å². The molecule has 0 bridgehead atoms. The summed E-state index contributed by atoms with van der Waals surface area (Å²) >= 11 is 0. The first kappa shape index (κ1) is 47.8. The zero-order valence-electron chi connectivity index (χ0n) is 28.9. The molecule has 4 N–H and O–H groups in total. The molecule has 0 aliphatic heterocycles. The molecule has 0 fully saturated rings. The molecule has 7 heteroatoms. The Balaban J connectivity index is -0.000000727. The van der Waals surface area contributed by atoms with Gasteiger partial charge in [-0.1, -0.05) is 194 Å². The number of unbranched alkanes of at least 4 members (excludes halogenated alkanes) is 26. The molecule has 0 spiro atoms. The van der Waals surface area contributed by atoms with Crippen LogP contribution in [0.25, 0.3) is 0 Å². The molecular weight excluding hydrogens is 662 g/mol. The third-order valence-corrected chi connectivity index (χ3v) is 8.34. The van der Waals surface area contributed by atoms with Crippen LogP contribution in [0, 0.1) is 0 Å². The van der Waals surface area contributed by atoms with Crippen LogP contribution in [0.15, 0.2) is 0 Å². The van der Waals surface area contributed by atoms with E-state index >= 15 is 0 Å². The van der Waals surface area contributed by atoms with E-state index in [1.54, 1.807) is 0 Å². The van der Waals surface area contributed by atoms with E-state index in [1.165, 1.54) is 154 Å². The van der Waals surface area contributed by atoms with E-state index in [9.17, 15) is 19.8 Å². The van der Waals surface area contributed by atoms with Crippen LogP contribution in [0.4, 0.5) is 0 Å². The molecule has 0 aromatic rings. The maximum Gasteiger partial charge on any atom is 2.00 e. The van der Waals surface area contributed by atoms with Gasteiger partial charge in [-0.3, -0.25) is 0 Å². The van der Waals surface area contributed by atoms with Gasteiger partial charge in [0, 0.05) is 12.1 Å². The molecule has 43 heavy (non-hydrogen) atoms. The van der Waals surface area contributed by atoms with Gasteiger partial charge in [-0.15, -0.1) is 0 Å². The van der Waals surface area contributed by atoms with Crippen molar-refractivity contribution in [2.75, 3.05) is 0 Å². The Morgan fingerprint density at radius 2 is 0.558 bits per heavy atom. The largest absolute Gasteiger partial charge is 2.00 e. The molecule has 0 rings (SSSR count). The minimum atomic E-state index is -1.12. The standard InChI is InChI=1S/2C18H37NO2.Ba/c2*1-2-3-4-5-6-7-8-9-10-11-12-13-14-15-16-17(19)18(20)21;/h2*17H,2-16,19H2,1H3,(H,20,21);/q;;+2/p-2. The third-order valence-electron chi connectivity index (χ3n) is 8.34. The second-order valence-corrected chi connectivity index (χ2v) is 12.6. The zero-order valence-corrected chi connectivity index (χ0v) is 33.3. The molecule has 0 aromatic carbocycles. The summed E-state index contributed by atoms with van der Waals surface area (Å²) in [6.07, 6.45) is 37.8. The Kier molecular flexibility index (Phi) is 45.0. The van der Waals surface area contributed by atoms with Gasteiger partial charge in [-0.2, -0.15) is 0 Å². The number of hydrogen-bond acceptors (Lipinski definition) is 6. The fourth-order valence-electron chi connectivity index (χ4n) is 5.35. The van der Waals surface area contributed by atoms with Crippen molar-refractivity contribution in [2.24, 2.45) is 11.5 Å². The summed E-state index contributed by atoms with van der Waals surface area (Å²) in [7, 11) is 0. The number of rotatable bonds is 32. The second kappa shape index (κ2) is 40.5. The van der Waals surface area contributed by atoms with Gasteiger partial charge in [-0.25, -0.2) is 0 Å². The fourth-order valence-corrected chi connectivity index (χ4v) is 5.35. The Hall–Kier alpha value is 0.431. The van der Waals surface area contributed by atoms with Crippen LogP contribution in [0.3, 0.4) is 0 Å². The van der Waals surface area contributed by atoms with Crippen LogP contribution >= 0.6 is 0 Å². The van der Waals surface area contributed by atoms with Crippen LogP contribution in [-0.4, -0.2) is 72.9 Å². The normalized spacial score (nSPS) is 12.2. The Labute approximate surface area is 308 Å². The van der Waals surface area contributed by atoms with Crippen LogP contribution < -0.4 is 21.7 Å². The molecule has 0 amide bonds. The topological polar surface area (TPSA) is 132 Å². The molecule has 6 nitrogen and oxygen atoms in total. The maximum atomic E-state index is 10.4. The van der Waals surface area contributed by atoms with Gasteiger partial charge in [0.1, 0.15) is 0 Å². The first-order chi connectivity index (χ1) is 20.4. The Morgan fingerprint density at radius 1 is 0.395 bits per heavy atom. The van der Waals surface area contributed by atoms with E-state index in [2.05, 4.69) is 13.8 Å². The van der Waals surface area contributed by atoms with Crippen molar-refractivity contribution in [1.82, 2.24) is 0 Å². The van der Waals surface area contributed by atoms with E-state index in [-0.39, 0.29) is 48.9 Å². The van der Waals surface area contributed by atoms with Crippen LogP contribution in [-0.2, 0) is 9.59 Å². The predicted molar refractivity (Wildman–Crippen MR) is 182 cm³/mol. The number of carboxylic acid groups (broad SMARTS) is 2. The average molecular weight is 734 g/mol. The molecule has 2 atom stereocenters. The number of nitrogens with two attached hydrogens (primary N) is 2. The average Bonchev–Trinajstić information content (AvgIpc) is 2.97. The van der Waals surface area contributed by atoms with E-state index < -0.39 is 24.0 Å². The first-order valence-electron chi connectivity index (χ1n) is 18.3. The van der Waals surface area contributed by atoms with Crippen molar-refractivity contribution in [3.63, 3.8) is 0 Å². The SMILES string of the molecule is CCCCCCCCCCCCCCCCC(N)C(=O)[O-].CCCCCCCCCCCCCCCCC(N)C(=O)[O-].[Ba+2]. The zero-order chi connectivity index (χ0) is 31.5. The summed E-state index contributed by atoms with van der Waals surface area (Å²) in [5.74, 6) is -2.24. The Bertz CT molecular complexity index is 517. The summed E-state index contributed by atoms with van der Waals surface area (Å²) in [6, 6.07) is -1.55. The molecule has 0 radical (unpaired) electrons. The summed E-state index contributed by atoms with van der Waals surface area (Å²) < 4.78 is 0. The van der Waals surface area contributed by atoms with Crippen LogP contribution in [0.2, 0.25) is 0 Å². The third kappa shape index (κ3) is 42.4. The van der Waals surface area contributed by atoms with E-state index in [0.717, 1.165) is 25.7 Å². The summed E-state index contributed by atoms with van der Waals surface area (Å²) in [6.45, 7) is 4.52. The molecule has 0 aliphatic rings. The summed E-state index contributed by atoms with van der Waals surface area (Å²) in [4.78, 5) is 20.9. The number of carboxylic acids is 2. The molecule has 0 heterocycles. The van der Waals surface area contributed by atoms with Gasteiger partial charge >= 0.3 is 48.9 Å². The second-order valence-electron chi connectivity index (χ2n) is 12.6. The van der Waals surface area contributed by atoms with Gasteiger partial charge in [0.25, 0.3) is 0 Å². The van der Waals surface area contributed by atoms with Crippen molar-refractivity contribution >= 4 is 60.8 Å². The molecular formula is C36H72BaN2O4. The van der Waals surface area contributed by atoms with Crippen molar-refractivity contribution in [3.05, 3.63) is 0 Å². The smallest absolute Gasteiger partial charge is 0.548 e. The number of carbonyl (C=O) groups is 2. The van der Waals surface area contributed by atoms with E-state index in [4.69, 9.17) is 11.5 Å². The monoisotopic (exact) mass is 734 g/mol. The molecule has 0 saturated carbocycles. The summed E-state index contributed by atoms with van der Waals surface area (Å²) in [5, 5.41) is 20.9. The van der Waals surface area contributed by atoms with Gasteiger partial charge in [0.15, 0.2) is 0 Å². The van der Waals surface area contributed by atoms with Gasteiger partial charge in [0.2, 0.25) is 0 Å². The predicted octanol–water partition coefficient (Wildman–Crippen LogP) is 7.49. The van der Waals surface area contributed by atoms with Crippen molar-refractivity contribution in [3.8, 4) is 0 Å². The molecule has 252 valence electrons. The Morgan fingerprint density at radius 3 is 0.721 bits per heavy atom. The van der Waals surface area contributed by atoms with E-state index in [1.807, 2.05) is 0 Å². The van der Waals surface area contributed by atoms with Crippen LogP contribution in [0.5, 0.6) is 0 Å². The maximum absolute atomic E-state index is 10.4. The molecule has 2 unspecified atom stereocenters. The number of carbonyl (C=O) groups excluding carboxylic acids is 2. The quantitative estimate of drug-likeness (QED) is 0.0544.